The maximum absolute atomic E-state index is 12.3. The molecule has 0 unspecified atom stereocenters. The third kappa shape index (κ3) is 2.98. The van der Waals surface area contributed by atoms with E-state index in [9.17, 15) is 9.59 Å². The summed E-state index contributed by atoms with van der Waals surface area (Å²) < 4.78 is 0. The van der Waals surface area contributed by atoms with Crippen LogP contribution >= 0.6 is 0 Å². The molecule has 2 aromatic rings. The highest BCUT2D eigenvalue weighted by Crippen LogP contribution is 2.22. The second kappa shape index (κ2) is 5.97. The number of aryl methyl sites for hydroxylation is 1. The Bertz CT molecular complexity index is 710. The Hall–Kier alpha value is -2.69. The molecule has 5 nitrogen and oxygen atoms in total. The first kappa shape index (κ1) is 14.3. The lowest BCUT2D eigenvalue weighted by atomic mass is 10.1. The van der Waals surface area contributed by atoms with Crippen molar-refractivity contribution in [2.45, 2.75) is 19.8 Å². The maximum Gasteiger partial charge on any atom is 0.256 e. The number of carbonyl (C=O) groups is 2. The van der Waals surface area contributed by atoms with Gasteiger partial charge in [0.05, 0.1) is 0 Å². The predicted molar refractivity (Wildman–Crippen MR) is 85.0 cm³/mol. The van der Waals surface area contributed by atoms with Crippen LogP contribution in [0.15, 0.2) is 42.6 Å². The van der Waals surface area contributed by atoms with E-state index < -0.39 is 0 Å². The minimum Gasteiger partial charge on any atom is -0.312 e. The van der Waals surface area contributed by atoms with E-state index in [-0.39, 0.29) is 11.8 Å². The van der Waals surface area contributed by atoms with Crippen LogP contribution in [0.1, 0.15) is 28.8 Å². The van der Waals surface area contributed by atoms with Crippen molar-refractivity contribution in [1.82, 2.24) is 4.98 Å². The minimum absolute atomic E-state index is 0.109. The van der Waals surface area contributed by atoms with E-state index >= 15 is 0 Å². The van der Waals surface area contributed by atoms with Gasteiger partial charge in [-0.2, -0.15) is 0 Å². The third-order valence-corrected chi connectivity index (χ3v) is 3.65. The van der Waals surface area contributed by atoms with Crippen LogP contribution in [-0.4, -0.2) is 23.3 Å². The van der Waals surface area contributed by atoms with Gasteiger partial charge in [0.1, 0.15) is 5.82 Å². The Morgan fingerprint density at radius 1 is 1.27 bits per heavy atom. The van der Waals surface area contributed by atoms with Gasteiger partial charge < -0.3 is 10.2 Å². The lowest BCUT2D eigenvalue weighted by molar-refractivity contribution is -0.117. The summed E-state index contributed by atoms with van der Waals surface area (Å²) in [6.07, 6.45) is 3.14. The molecule has 0 saturated carbocycles. The first-order valence-corrected chi connectivity index (χ1v) is 7.28. The SMILES string of the molecule is Cc1ccc(NC(=O)c2cccc(N3CCCC3=O)c2)nc1. The summed E-state index contributed by atoms with van der Waals surface area (Å²) in [5, 5.41) is 2.76. The zero-order valence-electron chi connectivity index (χ0n) is 12.4. The summed E-state index contributed by atoms with van der Waals surface area (Å²) in [7, 11) is 0. The number of nitrogens with zero attached hydrogens (tertiary/aromatic N) is 2. The van der Waals surface area contributed by atoms with E-state index in [2.05, 4.69) is 10.3 Å². The van der Waals surface area contributed by atoms with E-state index in [0.717, 1.165) is 17.7 Å². The van der Waals surface area contributed by atoms with Gasteiger partial charge in [-0.1, -0.05) is 12.1 Å². The van der Waals surface area contributed by atoms with Crippen molar-refractivity contribution >= 4 is 23.3 Å². The molecular weight excluding hydrogens is 278 g/mol. The third-order valence-electron chi connectivity index (χ3n) is 3.65. The molecular formula is C17H17N3O2. The fraction of sp³-hybridized carbons (Fsp3) is 0.235. The van der Waals surface area contributed by atoms with E-state index in [4.69, 9.17) is 0 Å². The molecule has 1 saturated heterocycles. The van der Waals surface area contributed by atoms with E-state index in [0.29, 0.717) is 24.3 Å². The second-order valence-corrected chi connectivity index (χ2v) is 5.37. The van der Waals surface area contributed by atoms with Gasteiger partial charge in [-0.25, -0.2) is 4.98 Å². The zero-order chi connectivity index (χ0) is 15.5. The van der Waals surface area contributed by atoms with Crippen LogP contribution in [0, 0.1) is 6.92 Å². The van der Waals surface area contributed by atoms with Crippen molar-refractivity contribution in [1.29, 1.82) is 0 Å². The Labute approximate surface area is 129 Å². The van der Waals surface area contributed by atoms with Crippen LogP contribution in [0.4, 0.5) is 11.5 Å². The van der Waals surface area contributed by atoms with Gasteiger partial charge in [-0.15, -0.1) is 0 Å². The van der Waals surface area contributed by atoms with Crippen LogP contribution in [0.25, 0.3) is 0 Å². The van der Waals surface area contributed by atoms with E-state index in [1.807, 2.05) is 19.1 Å². The van der Waals surface area contributed by atoms with Crippen LogP contribution < -0.4 is 10.2 Å². The molecule has 112 valence electrons. The first-order valence-electron chi connectivity index (χ1n) is 7.28. The molecule has 1 N–H and O–H groups in total. The van der Waals surface area contributed by atoms with Crippen LogP contribution in [0.3, 0.4) is 0 Å². The number of nitrogens with one attached hydrogen (secondary N) is 1. The van der Waals surface area contributed by atoms with Crippen molar-refractivity contribution in [2.75, 3.05) is 16.8 Å². The van der Waals surface area contributed by atoms with Gasteiger partial charge in [-0.3, -0.25) is 9.59 Å². The number of anilines is 2. The largest absolute Gasteiger partial charge is 0.312 e. The Morgan fingerprint density at radius 3 is 2.82 bits per heavy atom. The van der Waals surface area contributed by atoms with Gasteiger partial charge in [0.2, 0.25) is 5.91 Å². The van der Waals surface area contributed by atoms with Crippen molar-refractivity contribution in [3.63, 3.8) is 0 Å². The monoisotopic (exact) mass is 295 g/mol. The number of hydrogen-bond donors (Lipinski definition) is 1. The zero-order valence-corrected chi connectivity index (χ0v) is 12.4. The summed E-state index contributed by atoms with van der Waals surface area (Å²) in [4.78, 5) is 30.0. The van der Waals surface area contributed by atoms with Gasteiger partial charge in [0.15, 0.2) is 0 Å². The molecule has 1 aliphatic rings. The number of amides is 2. The number of carbonyl (C=O) groups excluding carboxylic acids is 2. The number of benzene rings is 1. The highest BCUT2D eigenvalue weighted by molar-refractivity contribution is 6.05. The highest BCUT2D eigenvalue weighted by Gasteiger charge is 2.22. The Morgan fingerprint density at radius 2 is 2.14 bits per heavy atom. The molecule has 1 aromatic heterocycles. The Kier molecular flexibility index (Phi) is 3.87. The fourth-order valence-electron chi connectivity index (χ4n) is 2.47. The standard InChI is InChI=1S/C17H17N3O2/c1-12-7-8-15(18-11-12)19-17(22)13-4-2-5-14(10-13)20-9-3-6-16(20)21/h2,4-5,7-8,10-11H,3,6,9H2,1H3,(H,18,19,22). The summed E-state index contributed by atoms with van der Waals surface area (Å²) in [5.41, 5.74) is 2.32. The molecule has 0 atom stereocenters. The molecule has 3 rings (SSSR count). The normalized spacial score (nSPS) is 14.2. The maximum atomic E-state index is 12.3. The number of pyridine rings is 1. The van der Waals surface area contributed by atoms with Crippen molar-refractivity contribution in [3.8, 4) is 0 Å². The molecule has 0 aliphatic carbocycles. The summed E-state index contributed by atoms with van der Waals surface area (Å²) in [5.74, 6) is 0.390. The molecule has 0 spiro atoms. The molecule has 1 aliphatic heterocycles. The minimum atomic E-state index is -0.232. The fourth-order valence-corrected chi connectivity index (χ4v) is 2.47. The van der Waals surface area contributed by atoms with Crippen molar-refractivity contribution in [3.05, 3.63) is 53.7 Å². The lowest BCUT2D eigenvalue weighted by Crippen LogP contribution is -2.24. The smallest absolute Gasteiger partial charge is 0.256 e. The van der Waals surface area contributed by atoms with Gasteiger partial charge in [0.25, 0.3) is 5.91 Å². The molecule has 2 amide bonds. The predicted octanol–water partition coefficient (Wildman–Crippen LogP) is 2.77. The number of rotatable bonds is 3. The van der Waals surface area contributed by atoms with E-state index in [1.54, 1.807) is 35.4 Å². The lowest BCUT2D eigenvalue weighted by Gasteiger charge is -2.16. The number of aromatic nitrogens is 1. The van der Waals surface area contributed by atoms with Crippen LogP contribution in [-0.2, 0) is 4.79 Å². The van der Waals surface area contributed by atoms with Gasteiger partial charge in [-0.05, 0) is 43.2 Å². The molecule has 0 radical (unpaired) electrons. The first-order chi connectivity index (χ1) is 10.6. The quantitative estimate of drug-likeness (QED) is 0.947. The number of hydrogen-bond acceptors (Lipinski definition) is 3. The summed E-state index contributed by atoms with van der Waals surface area (Å²) in [6, 6.07) is 10.8. The van der Waals surface area contributed by atoms with E-state index in [1.165, 1.54) is 0 Å². The topological polar surface area (TPSA) is 62.3 Å². The van der Waals surface area contributed by atoms with Crippen molar-refractivity contribution < 1.29 is 9.59 Å². The summed E-state index contributed by atoms with van der Waals surface area (Å²) >= 11 is 0. The van der Waals surface area contributed by atoms with Crippen molar-refractivity contribution in [2.24, 2.45) is 0 Å². The average molecular weight is 295 g/mol. The average Bonchev–Trinajstić information content (AvgIpc) is 2.96. The van der Waals surface area contributed by atoms with Crippen LogP contribution in [0.2, 0.25) is 0 Å². The highest BCUT2D eigenvalue weighted by atomic mass is 16.2. The van der Waals surface area contributed by atoms with Gasteiger partial charge in [0, 0.05) is 30.4 Å². The van der Waals surface area contributed by atoms with Crippen LogP contribution in [0.5, 0.6) is 0 Å². The molecule has 22 heavy (non-hydrogen) atoms. The molecule has 2 heterocycles. The molecule has 1 aromatic carbocycles. The molecule has 0 bridgehead atoms. The molecule has 5 heteroatoms. The second-order valence-electron chi connectivity index (χ2n) is 5.37. The summed E-state index contributed by atoms with van der Waals surface area (Å²) in [6.45, 7) is 2.65. The van der Waals surface area contributed by atoms with Gasteiger partial charge >= 0.3 is 0 Å². The Balaban J connectivity index is 1.78. The molecule has 1 fully saturated rings.